The Morgan fingerprint density at radius 3 is 2.40 bits per heavy atom. The predicted octanol–water partition coefficient (Wildman–Crippen LogP) is 3.45. The molecule has 0 saturated heterocycles. The van der Waals surface area contributed by atoms with Crippen LogP contribution in [0.5, 0.6) is 0 Å². The van der Waals surface area contributed by atoms with E-state index in [-0.39, 0.29) is 0 Å². The summed E-state index contributed by atoms with van der Waals surface area (Å²) >= 11 is 3.52. The molecule has 0 aliphatic rings. The first-order valence-electron chi connectivity index (χ1n) is 6.87. The minimum Gasteiger partial charge on any atom is -0.329 e. The summed E-state index contributed by atoms with van der Waals surface area (Å²) in [6.45, 7) is 1.58. The van der Waals surface area contributed by atoms with Crippen LogP contribution in [0.25, 0.3) is 0 Å². The summed E-state index contributed by atoms with van der Waals surface area (Å²) in [4.78, 5) is 2.33. The highest BCUT2D eigenvalue weighted by molar-refractivity contribution is 9.10. The molecule has 2 aromatic rings. The molecule has 0 aliphatic carbocycles. The van der Waals surface area contributed by atoms with Gasteiger partial charge >= 0.3 is 0 Å². The molecule has 1 atom stereocenters. The zero-order valence-electron chi connectivity index (χ0n) is 11.8. The second kappa shape index (κ2) is 7.58. The predicted molar refractivity (Wildman–Crippen MR) is 88.6 cm³/mol. The van der Waals surface area contributed by atoms with Gasteiger partial charge in [0.15, 0.2) is 0 Å². The molecule has 3 heteroatoms. The van der Waals surface area contributed by atoms with E-state index in [1.54, 1.807) is 0 Å². The zero-order valence-corrected chi connectivity index (χ0v) is 13.4. The van der Waals surface area contributed by atoms with Crippen LogP contribution < -0.4 is 5.73 Å². The van der Waals surface area contributed by atoms with Crippen LogP contribution in [0.2, 0.25) is 0 Å². The molecule has 0 spiro atoms. The first kappa shape index (κ1) is 15.2. The molecule has 0 saturated carbocycles. The second-order valence-corrected chi connectivity index (χ2v) is 6.04. The Morgan fingerprint density at radius 1 is 1.05 bits per heavy atom. The van der Waals surface area contributed by atoms with Crippen LogP contribution >= 0.6 is 15.9 Å². The van der Waals surface area contributed by atoms with Crippen molar-refractivity contribution in [1.29, 1.82) is 0 Å². The molecule has 0 aromatic heterocycles. The molecule has 106 valence electrons. The van der Waals surface area contributed by atoms with Crippen molar-refractivity contribution in [2.24, 2.45) is 5.73 Å². The molecule has 0 fully saturated rings. The SMILES string of the molecule is CN(Cc1cccc(Br)c1)C(CN)Cc1ccccc1. The van der Waals surface area contributed by atoms with E-state index in [4.69, 9.17) is 5.73 Å². The largest absolute Gasteiger partial charge is 0.329 e. The van der Waals surface area contributed by atoms with Crippen LogP contribution in [-0.2, 0) is 13.0 Å². The lowest BCUT2D eigenvalue weighted by Gasteiger charge is -2.27. The Hall–Kier alpha value is -1.16. The number of nitrogens with two attached hydrogens (primary N) is 1. The average molecular weight is 333 g/mol. The number of benzene rings is 2. The van der Waals surface area contributed by atoms with Crippen molar-refractivity contribution in [2.75, 3.05) is 13.6 Å². The lowest BCUT2D eigenvalue weighted by atomic mass is 10.0. The van der Waals surface area contributed by atoms with Gasteiger partial charge in [0.1, 0.15) is 0 Å². The van der Waals surface area contributed by atoms with Gasteiger partial charge in [0, 0.05) is 23.6 Å². The number of hydrogen-bond donors (Lipinski definition) is 1. The molecule has 0 heterocycles. The standard InChI is InChI=1S/C17H21BrN2/c1-20(13-15-8-5-9-16(18)10-15)17(12-19)11-14-6-3-2-4-7-14/h2-10,17H,11-13,19H2,1H3. The summed E-state index contributed by atoms with van der Waals surface area (Å²) in [5.74, 6) is 0. The van der Waals surface area contributed by atoms with E-state index in [0.717, 1.165) is 17.4 Å². The molecule has 0 aliphatic heterocycles. The van der Waals surface area contributed by atoms with E-state index in [1.807, 2.05) is 12.1 Å². The molecular formula is C17H21BrN2. The normalized spacial score (nSPS) is 12.6. The van der Waals surface area contributed by atoms with Crippen LogP contribution in [0.3, 0.4) is 0 Å². The van der Waals surface area contributed by atoms with E-state index in [2.05, 4.69) is 70.3 Å². The Kier molecular flexibility index (Phi) is 5.77. The Morgan fingerprint density at radius 2 is 1.75 bits per heavy atom. The summed E-state index contributed by atoms with van der Waals surface area (Å²) in [5.41, 5.74) is 8.59. The topological polar surface area (TPSA) is 29.3 Å². The minimum absolute atomic E-state index is 0.358. The van der Waals surface area contributed by atoms with Gasteiger partial charge in [-0.05, 0) is 36.7 Å². The molecular weight excluding hydrogens is 312 g/mol. The highest BCUT2D eigenvalue weighted by Crippen LogP contribution is 2.15. The van der Waals surface area contributed by atoms with Gasteiger partial charge in [-0.3, -0.25) is 4.90 Å². The third-order valence-corrected chi connectivity index (χ3v) is 4.02. The van der Waals surface area contributed by atoms with E-state index in [0.29, 0.717) is 12.6 Å². The van der Waals surface area contributed by atoms with Crippen molar-refractivity contribution in [1.82, 2.24) is 4.90 Å². The first-order valence-corrected chi connectivity index (χ1v) is 7.67. The van der Waals surface area contributed by atoms with Gasteiger partial charge in [-0.25, -0.2) is 0 Å². The maximum Gasteiger partial charge on any atom is 0.0259 e. The zero-order chi connectivity index (χ0) is 14.4. The lowest BCUT2D eigenvalue weighted by molar-refractivity contribution is 0.237. The molecule has 0 bridgehead atoms. The van der Waals surface area contributed by atoms with Gasteiger partial charge in [-0.1, -0.05) is 58.4 Å². The summed E-state index contributed by atoms with van der Waals surface area (Å²) in [6.07, 6.45) is 0.988. The highest BCUT2D eigenvalue weighted by atomic mass is 79.9. The van der Waals surface area contributed by atoms with Crippen LogP contribution in [0.4, 0.5) is 0 Å². The maximum absolute atomic E-state index is 5.95. The van der Waals surface area contributed by atoms with Gasteiger partial charge in [0.2, 0.25) is 0 Å². The van der Waals surface area contributed by atoms with Crippen molar-refractivity contribution in [3.8, 4) is 0 Å². The summed E-state index contributed by atoms with van der Waals surface area (Å²) in [5, 5.41) is 0. The molecule has 2 aromatic carbocycles. The Labute approximate surface area is 129 Å². The number of nitrogens with zero attached hydrogens (tertiary/aromatic N) is 1. The van der Waals surface area contributed by atoms with Gasteiger partial charge in [0.05, 0.1) is 0 Å². The van der Waals surface area contributed by atoms with Crippen molar-refractivity contribution in [3.63, 3.8) is 0 Å². The van der Waals surface area contributed by atoms with Gasteiger partial charge in [0.25, 0.3) is 0 Å². The van der Waals surface area contributed by atoms with Crippen molar-refractivity contribution in [2.45, 2.75) is 19.0 Å². The van der Waals surface area contributed by atoms with E-state index < -0.39 is 0 Å². The van der Waals surface area contributed by atoms with Crippen molar-refractivity contribution >= 4 is 15.9 Å². The quantitative estimate of drug-likeness (QED) is 0.877. The first-order chi connectivity index (χ1) is 9.69. The lowest BCUT2D eigenvalue weighted by Crippen LogP contribution is -2.39. The summed E-state index contributed by atoms with van der Waals surface area (Å²) in [6, 6.07) is 19.3. The molecule has 1 unspecified atom stereocenters. The van der Waals surface area contributed by atoms with Gasteiger partial charge in [-0.15, -0.1) is 0 Å². The van der Waals surface area contributed by atoms with E-state index >= 15 is 0 Å². The third-order valence-electron chi connectivity index (χ3n) is 3.53. The number of likely N-dealkylation sites (N-methyl/N-ethyl adjacent to an activating group) is 1. The highest BCUT2D eigenvalue weighted by Gasteiger charge is 2.14. The summed E-state index contributed by atoms with van der Waals surface area (Å²) in [7, 11) is 2.14. The molecule has 2 rings (SSSR count). The number of halogens is 1. The fourth-order valence-corrected chi connectivity index (χ4v) is 2.80. The smallest absolute Gasteiger partial charge is 0.0259 e. The Bertz CT molecular complexity index is 528. The van der Waals surface area contributed by atoms with Gasteiger partial charge < -0.3 is 5.73 Å². The monoisotopic (exact) mass is 332 g/mol. The number of rotatable bonds is 6. The van der Waals surface area contributed by atoms with E-state index in [1.165, 1.54) is 11.1 Å². The molecule has 0 radical (unpaired) electrons. The number of hydrogen-bond acceptors (Lipinski definition) is 2. The van der Waals surface area contributed by atoms with Crippen molar-refractivity contribution in [3.05, 3.63) is 70.2 Å². The fraction of sp³-hybridized carbons (Fsp3) is 0.294. The van der Waals surface area contributed by atoms with Gasteiger partial charge in [-0.2, -0.15) is 0 Å². The summed E-state index contributed by atoms with van der Waals surface area (Å²) < 4.78 is 1.12. The second-order valence-electron chi connectivity index (χ2n) is 5.12. The minimum atomic E-state index is 0.358. The van der Waals surface area contributed by atoms with Crippen LogP contribution in [-0.4, -0.2) is 24.5 Å². The Balaban J connectivity index is 2.00. The molecule has 20 heavy (non-hydrogen) atoms. The molecule has 2 nitrogen and oxygen atoms in total. The van der Waals surface area contributed by atoms with Crippen LogP contribution in [0.1, 0.15) is 11.1 Å². The average Bonchev–Trinajstić information content (AvgIpc) is 2.45. The van der Waals surface area contributed by atoms with E-state index in [9.17, 15) is 0 Å². The maximum atomic E-state index is 5.95. The van der Waals surface area contributed by atoms with Crippen LogP contribution in [0, 0.1) is 0 Å². The molecule has 2 N–H and O–H groups in total. The third kappa shape index (κ3) is 4.44. The molecule has 0 amide bonds. The van der Waals surface area contributed by atoms with Crippen LogP contribution in [0.15, 0.2) is 59.1 Å². The fourth-order valence-electron chi connectivity index (χ4n) is 2.36. The van der Waals surface area contributed by atoms with Crippen molar-refractivity contribution < 1.29 is 0 Å².